The highest BCUT2D eigenvalue weighted by Gasteiger charge is 1.96. The van der Waals surface area contributed by atoms with Crippen LogP contribution in [0, 0.1) is 0 Å². The molecular formula is C3H7O2S+. The first kappa shape index (κ1) is 5.82. The van der Waals surface area contributed by atoms with E-state index in [9.17, 15) is 4.79 Å². The van der Waals surface area contributed by atoms with Crippen LogP contribution in [0.4, 0.5) is 0 Å². The second-order valence-electron chi connectivity index (χ2n) is 0.934. The van der Waals surface area contributed by atoms with Crippen molar-refractivity contribution in [1.29, 1.82) is 0 Å². The summed E-state index contributed by atoms with van der Waals surface area (Å²) in [6.45, 7) is 0.461. The zero-order chi connectivity index (χ0) is 4.99. The lowest BCUT2D eigenvalue weighted by Gasteiger charge is -1.81. The summed E-state index contributed by atoms with van der Waals surface area (Å²) < 4.78 is 4.39. The molecule has 3 heteroatoms. The third-order valence-corrected chi connectivity index (χ3v) is 0.695. The van der Waals surface area contributed by atoms with Gasteiger partial charge in [0.2, 0.25) is 0 Å². The van der Waals surface area contributed by atoms with Crippen LogP contribution in [0.25, 0.3) is 0 Å². The summed E-state index contributed by atoms with van der Waals surface area (Å²) in [4.78, 5) is 9.40. The Morgan fingerprint density at radius 3 is 2.17 bits per heavy atom. The van der Waals surface area contributed by atoms with Crippen molar-refractivity contribution in [1.82, 2.24) is 0 Å². The Bertz CT molecular complexity index is 44.1. The van der Waals surface area contributed by atoms with Gasteiger partial charge in [-0.3, -0.25) is 4.18 Å². The molecule has 0 bridgehead atoms. The molecular weight excluding hydrogens is 100 g/mol. The molecule has 0 aliphatic rings. The van der Waals surface area contributed by atoms with Crippen LogP contribution in [0.3, 0.4) is 0 Å². The molecule has 0 aromatic carbocycles. The highest BCUT2D eigenvalue weighted by molar-refractivity contribution is 7.91. The van der Waals surface area contributed by atoms with E-state index < -0.39 is 0 Å². The molecule has 0 aliphatic heterocycles. The SMILES string of the molecule is C[S+](C)OC=O. The van der Waals surface area contributed by atoms with E-state index in [4.69, 9.17) is 0 Å². The van der Waals surface area contributed by atoms with Gasteiger partial charge in [-0.15, -0.1) is 0 Å². The van der Waals surface area contributed by atoms with Crippen LogP contribution in [0.15, 0.2) is 0 Å². The van der Waals surface area contributed by atoms with Crippen molar-refractivity contribution in [2.24, 2.45) is 0 Å². The highest BCUT2D eigenvalue weighted by Crippen LogP contribution is 1.78. The molecule has 0 atom stereocenters. The third-order valence-electron chi connectivity index (χ3n) is 0.232. The summed E-state index contributed by atoms with van der Waals surface area (Å²) in [6, 6.07) is 0. The lowest BCUT2D eigenvalue weighted by atomic mass is 11.7. The van der Waals surface area contributed by atoms with Crippen molar-refractivity contribution >= 4 is 17.6 Å². The summed E-state index contributed by atoms with van der Waals surface area (Å²) >= 11 is -0.184. The van der Waals surface area contributed by atoms with Crippen molar-refractivity contribution in [2.45, 2.75) is 0 Å². The summed E-state index contributed by atoms with van der Waals surface area (Å²) in [5.74, 6) is 0. The Kier molecular flexibility index (Phi) is 2.94. The number of hydrogen-bond acceptors (Lipinski definition) is 2. The maximum atomic E-state index is 9.40. The molecule has 0 unspecified atom stereocenters. The van der Waals surface area contributed by atoms with Crippen LogP contribution in [-0.2, 0) is 20.2 Å². The quantitative estimate of drug-likeness (QED) is 0.365. The van der Waals surface area contributed by atoms with Crippen molar-refractivity contribution < 1.29 is 8.98 Å². The molecule has 0 heterocycles. The Balaban J connectivity index is 2.81. The topological polar surface area (TPSA) is 26.3 Å². The van der Waals surface area contributed by atoms with Crippen LogP contribution < -0.4 is 0 Å². The lowest BCUT2D eigenvalue weighted by Crippen LogP contribution is -1.97. The predicted molar refractivity (Wildman–Crippen MR) is 26.4 cm³/mol. The first-order valence-electron chi connectivity index (χ1n) is 1.45. The maximum absolute atomic E-state index is 9.40. The standard InChI is InChI=1S/C3H7O2S/c1-6(2)5-3-4/h3H,1-2H3/q+1. The van der Waals surface area contributed by atoms with Crippen molar-refractivity contribution in [3.05, 3.63) is 0 Å². The smallest absolute Gasteiger partial charge is 0.252 e. The van der Waals surface area contributed by atoms with Gasteiger partial charge in [0.1, 0.15) is 12.5 Å². The minimum atomic E-state index is -0.184. The molecule has 0 spiro atoms. The molecule has 36 valence electrons. The number of hydrogen-bond donors (Lipinski definition) is 0. The fraction of sp³-hybridized carbons (Fsp3) is 0.667. The zero-order valence-electron chi connectivity index (χ0n) is 3.80. The van der Waals surface area contributed by atoms with E-state index in [1.165, 1.54) is 0 Å². The average molecular weight is 107 g/mol. The molecule has 0 radical (unpaired) electrons. The van der Waals surface area contributed by atoms with E-state index in [1.54, 1.807) is 0 Å². The number of carbonyl (C=O) groups excluding carboxylic acids is 1. The number of carbonyl (C=O) groups is 1. The first-order valence-corrected chi connectivity index (χ1v) is 3.42. The van der Waals surface area contributed by atoms with Gasteiger partial charge in [-0.25, -0.2) is 4.79 Å². The summed E-state index contributed by atoms with van der Waals surface area (Å²) in [5.41, 5.74) is 0. The molecule has 0 saturated heterocycles. The van der Waals surface area contributed by atoms with Gasteiger partial charge < -0.3 is 0 Å². The molecule has 0 amide bonds. The Morgan fingerprint density at radius 2 is 2.17 bits per heavy atom. The Hall–Kier alpha value is -0.180. The van der Waals surface area contributed by atoms with Gasteiger partial charge >= 0.3 is 6.47 Å². The second-order valence-corrected chi connectivity index (χ2v) is 2.61. The highest BCUT2D eigenvalue weighted by atomic mass is 32.2. The zero-order valence-corrected chi connectivity index (χ0v) is 4.62. The van der Waals surface area contributed by atoms with Crippen LogP contribution in [0.5, 0.6) is 0 Å². The van der Waals surface area contributed by atoms with Crippen LogP contribution in [0.2, 0.25) is 0 Å². The summed E-state index contributed by atoms with van der Waals surface area (Å²) in [7, 11) is 0. The van der Waals surface area contributed by atoms with E-state index in [0.717, 1.165) is 0 Å². The van der Waals surface area contributed by atoms with Gasteiger partial charge in [0.15, 0.2) is 11.2 Å². The van der Waals surface area contributed by atoms with Crippen molar-refractivity contribution in [3.8, 4) is 0 Å². The third kappa shape index (κ3) is 3.82. The lowest BCUT2D eigenvalue weighted by molar-refractivity contribution is -0.119. The summed E-state index contributed by atoms with van der Waals surface area (Å²) in [5, 5.41) is 0. The predicted octanol–water partition coefficient (Wildman–Crippen LogP) is -0.0477. The van der Waals surface area contributed by atoms with E-state index >= 15 is 0 Å². The van der Waals surface area contributed by atoms with E-state index in [2.05, 4.69) is 4.18 Å². The van der Waals surface area contributed by atoms with E-state index in [-0.39, 0.29) is 11.2 Å². The van der Waals surface area contributed by atoms with Gasteiger partial charge in [-0.1, -0.05) is 0 Å². The van der Waals surface area contributed by atoms with Crippen molar-refractivity contribution in [3.63, 3.8) is 0 Å². The monoisotopic (exact) mass is 107 g/mol. The minimum Gasteiger partial charge on any atom is -0.252 e. The molecule has 0 aliphatic carbocycles. The fourth-order valence-electron chi connectivity index (χ4n) is 0.0786. The molecule has 6 heavy (non-hydrogen) atoms. The van der Waals surface area contributed by atoms with Crippen LogP contribution >= 0.6 is 0 Å². The Labute approximate surface area is 40.0 Å². The minimum absolute atomic E-state index is 0.184. The molecule has 0 N–H and O–H groups in total. The summed E-state index contributed by atoms with van der Waals surface area (Å²) in [6.07, 6.45) is 3.66. The van der Waals surface area contributed by atoms with Gasteiger partial charge in [0.25, 0.3) is 0 Å². The van der Waals surface area contributed by atoms with Gasteiger partial charge in [-0.05, 0) is 0 Å². The molecule has 0 fully saturated rings. The fourth-order valence-corrected chi connectivity index (χ4v) is 0.236. The molecule has 2 nitrogen and oxygen atoms in total. The first-order chi connectivity index (χ1) is 2.77. The molecule has 0 aromatic heterocycles. The van der Waals surface area contributed by atoms with Crippen LogP contribution in [-0.4, -0.2) is 19.0 Å². The largest absolute Gasteiger partial charge is 0.352 e. The molecule has 0 saturated carbocycles. The Morgan fingerprint density at radius 1 is 1.67 bits per heavy atom. The van der Waals surface area contributed by atoms with Crippen LogP contribution in [0.1, 0.15) is 0 Å². The van der Waals surface area contributed by atoms with E-state index in [1.807, 2.05) is 12.5 Å². The maximum Gasteiger partial charge on any atom is 0.352 e. The second kappa shape index (κ2) is 3.03. The van der Waals surface area contributed by atoms with E-state index in [0.29, 0.717) is 6.47 Å². The molecule has 0 rings (SSSR count). The van der Waals surface area contributed by atoms with Crippen molar-refractivity contribution in [2.75, 3.05) is 12.5 Å². The molecule has 0 aromatic rings. The average Bonchev–Trinajstić information content (AvgIpc) is 1.35. The number of rotatable bonds is 2. The van der Waals surface area contributed by atoms with Gasteiger partial charge in [-0.2, -0.15) is 0 Å². The normalized spacial score (nSPS) is 8.50. The van der Waals surface area contributed by atoms with Gasteiger partial charge in [0, 0.05) is 0 Å². The van der Waals surface area contributed by atoms with Gasteiger partial charge in [0.05, 0.1) is 0 Å².